The van der Waals surface area contributed by atoms with Gasteiger partial charge < -0.3 is 15.0 Å². The molecule has 1 aromatic carbocycles. The molecule has 1 aromatic rings. The van der Waals surface area contributed by atoms with E-state index in [1.165, 1.54) is 24.8 Å². The highest BCUT2D eigenvalue weighted by Gasteiger charge is 2.19. The molecular weight excluding hydrogens is 276 g/mol. The van der Waals surface area contributed by atoms with Crippen LogP contribution in [-0.4, -0.2) is 50.7 Å². The highest BCUT2D eigenvalue weighted by atomic mass is 16.5. The van der Waals surface area contributed by atoms with Gasteiger partial charge in [-0.1, -0.05) is 30.3 Å². The fraction of sp³-hybridized carbons (Fsp3) is 0.611. The zero-order valence-corrected chi connectivity index (χ0v) is 13.6. The molecule has 0 atom stereocenters. The molecule has 0 aromatic heterocycles. The number of carbonyl (C=O) groups excluding carboxylic acids is 1. The van der Waals surface area contributed by atoms with Crippen LogP contribution >= 0.6 is 0 Å². The molecule has 122 valence electrons. The van der Waals surface area contributed by atoms with Gasteiger partial charge in [0, 0.05) is 26.6 Å². The van der Waals surface area contributed by atoms with Gasteiger partial charge in [-0.25, -0.2) is 0 Å². The number of piperidine rings is 1. The van der Waals surface area contributed by atoms with Crippen LogP contribution in [0.2, 0.25) is 0 Å². The second-order valence-electron chi connectivity index (χ2n) is 6.07. The van der Waals surface area contributed by atoms with Gasteiger partial charge >= 0.3 is 0 Å². The molecule has 0 radical (unpaired) electrons. The number of nitrogens with zero attached hydrogens (tertiary/aromatic N) is 1. The van der Waals surface area contributed by atoms with Crippen LogP contribution in [-0.2, 0) is 16.0 Å². The fourth-order valence-corrected chi connectivity index (χ4v) is 3.00. The average Bonchev–Trinajstić information content (AvgIpc) is 2.55. The standard InChI is InChI=1S/C18H28N2O2/c1-22-14-10-19-18(21)9-13-20-11-7-17(8-12-20)15-16-5-3-2-4-6-16/h2-6,17H,7-15H2,1H3,(H,19,21). The summed E-state index contributed by atoms with van der Waals surface area (Å²) in [5.74, 6) is 0.914. The number of nitrogens with one attached hydrogen (secondary N) is 1. The Morgan fingerprint density at radius 1 is 1.27 bits per heavy atom. The fourth-order valence-electron chi connectivity index (χ4n) is 3.00. The Bertz CT molecular complexity index is 428. The number of likely N-dealkylation sites (tertiary alicyclic amines) is 1. The van der Waals surface area contributed by atoms with Gasteiger partial charge in [-0.05, 0) is 43.8 Å². The van der Waals surface area contributed by atoms with Crippen LogP contribution in [0.25, 0.3) is 0 Å². The summed E-state index contributed by atoms with van der Waals surface area (Å²) < 4.78 is 4.92. The lowest BCUT2D eigenvalue weighted by molar-refractivity contribution is -0.121. The van der Waals surface area contributed by atoms with Crippen molar-refractivity contribution in [2.45, 2.75) is 25.7 Å². The van der Waals surface area contributed by atoms with Crippen molar-refractivity contribution >= 4 is 5.91 Å². The first-order valence-electron chi connectivity index (χ1n) is 8.30. The molecule has 1 N–H and O–H groups in total. The quantitative estimate of drug-likeness (QED) is 0.748. The van der Waals surface area contributed by atoms with Crippen molar-refractivity contribution in [2.24, 2.45) is 5.92 Å². The molecular formula is C18H28N2O2. The number of rotatable bonds is 8. The minimum absolute atomic E-state index is 0.128. The maximum absolute atomic E-state index is 11.7. The summed E-state index contributed by atoms with van der Waals surface area (Å²) in [6.45, 7) is 4.29. The summed E-state index contributed by atoms with van der Waals surface area (Å²) in [6, 6.07) is 10.7. The van der Waals surface area contributed by atoms with Gasteiger partial charge in [0.25, 0.3) is 0 Å². The molecule has 4 heteroatoms. The van der Waals surface area contributed by atoms with Crippen LogP contribution in [0.4, 0.5) is 0 Å². The van der Waals surface area contributed by atoms with Crippen molar-refractivity contribution in [1.29, 1.82) is 0 Å². The van der Waals surface area contributed by atoms with Gasteiger partial charge in [0.15, 0.2) is 0 Å². The van der Waals surface area contributed by atoms with E-state index in [2.05, 4.69) is 40.5 Å². The molecule has 1 aliphatic heterocycles. The normalized spacial score (nSPS) is 16.6. The van der Waals surface area contributed by atoms with E-state index >= 15 is 0 Å². The Morgan fingerprint density at radius 3 is 2.68 bits per heavy atom. The lowest BCUT2D eigenvalue weighted by Gasteiger charge is -2.31. The first kappa shape index (κ1) is 17.0. The van der Waals surface area contributed by atoms with E-state index in [0.29, 0.717) is 19.6 Å². The van der Waals surface area contributed by atoms with E-state index < -0.39 is 0 Å². The molecule has 0 aliphatic carbocycles. The van der Waals surface area contributed by atoms with E-state index in [1.54, 1.807) is 7.11 Å². The summed E-state index contributed by atoms with van der Waals surface area (Å²) >= 11 is 0. The number of amides is 1. The number of ether oxygens (including phenoxy) is 1. The SMILES string of the molecule is COCCNC(=O)CCN1CCC(Cc2ccccc2)CC1. The maximum Gasteiger partial charge on any atom is 0.221 e. The van der Waals surface area contributed by atoms with E-state index in [9.17, 15) is 4.79 Å². The largest absolute Gasteiger partial charge is 0.383 e. The van der Waals surface area contributed by atoms with E-state index in [4.69, 9.17) is 4.74 Å². The predicted octanol–water partition coefficient (Wildman–Crippen LogP) is 2.09. The first-order valence-corrected chi connectivity index (χ1v) is 8.30. The van der Waals surface area contributed by atoms with E-state index in [-0.39, 0.29) is 5.91 Å². The lowest BCUT2D eigenvalue weighted by atomic mass is 9.90. The van der Waals surface area contributed by atoms with Crippen molar-refractivity contribution in [2.75, 3.05) is 39.9 Å². The number of benzene rings is 1. The van der Waals surface area contributed by atoms with Crippen molar-refractivity contribution in [3.05, 3.63) is 35.9 Å². The number of hydrogen-bond acceptors (Lipinski definition) is 3. The summed E-state index contributed by atoms with van der Waals surface area (Å²) in [4.78, 5) is 14.1. The molecule has 0 bridgehead atoms. The summed E-state index contributed by atoms with van der Waals surface area (Å²) in [5, 5.41) is 2.87. The molecule has 4 nitrogen and oxygen atoms in total. The molecule has 1 saturated heterocycles. The average molecular weight is 304 g/mol. The molecule has 0 saturated carbocycles. The maximum atomic E-state index is 11.7. The number of methoxy groups -OCH3 is 1. The predicted molar refractivity (Wildman–Crippen MR) is 88.8 cm³/mol. The second-order valence-corrected chi connectivity index (χ2v) is 6.07. The van der Waals surface area contributed by atoms with E-state index in [0.717, 1.165) is 25.6 Å². The van der Waals surface area contributed by atoms with Gasteiger partial charge in [0.05, 0.1) is 6.61 Å². The van der Waals surface area contributed by atoms with Gasteiger partial charge in [0.1, 0.15) is 0 Å². The topological polar surface area (TPSA) is 41.6 Å². The Hall–Kier alpha value is -1.39. The van der Waals surface area contributed by atoms with Gasteiger partial charge in [0.2, 0.25) is 5.91 Å². The molecule has 1 aliphatic rings. The first-order chi connectivity index (χ1) is 10.8. The summed E-state index contributed by atoms with van der Waals surface area (Å²) in [5.41, 5.74) is 1.44. The molecule has 1 fully saturated rings. The van der Waals surface area contributed by atoms with Gasteiger partial charge in [-0.2, -0.15) is 0 Å². The highest BCUT2D eigenvalue weighted by molar-refractivity contribution is 5.76. The summed E-state index contributed by atoms with van der Waals surface area (Å²) in [6.07, 6.45) is 4.25. The molecule has 1 amide bonds. The van der Waals surface area contributed by atoms with Crippen molar-refractivity contribution in [3.63, 3.8) is 0 Å². The van der Waals surface area contributed by atoms with Crippen LogP contribution in [0.3, 0.4) is 0 Å². The third kappa shape index (κ3) is 6.16. The third-order valence-electron chi connectivity index (χ3n) is 4.36. The Balaban J connectivity index is 1.60. The number of hydrogen-bond donors (Lipinski definition) is 1. The molecule has 22 heavy (non-hydrogen) atoms. The third-order valence-corrected chi connectivity index (χ3v) is 4.36. The monoisotopic (exact) mass is 304 g/mol. The lowest BCUT2D eigenvalue weighted by Crippen LogP contribution is -2.37. The van der Waals surface area contributed by atoms with Crippen molar-refractivity contribution < 1.29 is 9.53 Å². The molecule has 0 unspecified atom stereocenters. The molecule has 0 spiro atoms. The minimum Gasteiger partial charge on any atom is -0.383 e. The van der Waals surface area contributed by atoms with Gasteiger partial charge in [-0.15, -0.1) is 0 Å². The summed E-state index contributed by atoms with van der Waals surface area (Å²) in [7, 11) is 1.64. The number of carbonyl (C=O) groups is 1. The Morgan fingerprint density at radius 2 is 2.00 bits per heavy atom. The van der Waals surface area contributed by atoms with Gasteiger partial charge in [-0.3, -0.25) is 4.79 Å². The zero-order chi connectivity index (χ0) is 15.6. The van der Waals surface area contributed by atoms with Crippen LogP contribution < -0.4 is 5.32 Å². The zero-order valence-electron chi connectivity index (χ0n) is 13.6. The van der Waals surface area contributed by atoms with Crippen LogP contribution in [0, 0.1) is 5.92 Å². The molecule has 2 rings (SSSR count). The van der Waals surface area contributed by atoms with Crippen LogP contribution in [0.15, 0.2) is 30.3 Å². The Labute approximate surface area is 133 Å². The Kier molecular flexibility index (Phi) is 7.40. The van der Waals surface area contributed by atoms with E-state index in [1.807, 2.05) is 0 Å². The van der Waals surface area contributed by atoms with Crippen LogP contribution in [0.1, 0.15) is 24.8 Å². The van der Waals surface area contributed by atoms with Crippen LogP contribution in [0.5, 0.6) is 0 Å². The second kappa shape index (κ2) is 9.59. The van der Waals surface area contributed by atoms with Crippen molar-refractivity contribution in [3.8, 4) is 0 Å². The van der Waals surface area contributed by atoms with Crippen molar-refractivity contribution in [1.82, 2.24) is 10.2 Å². The molecule has 1 heterocycles. The smallest absolute Gasteiger partial charge is 0.221 e. The minimum atomic E-state index is 0.128. The highest BCUT2D eigenvalue weighted by Crippen LogP contribution is 2.21.